The molecule has 0 aliphatic carbocycles. The van der Waals surface area contributed by atoms with E-state index in [-0.39, 0.29) is 10.8 Å². The first kappa shape index (κ1) is 15.8. The van der Waals surface area contributed by atoms with E-state index in [0.717, 1.165) is 10.7 Å². The largest absolute Gasteiger partial charge is 0.343 e. The summed E-state index contributed by atoms with van der Waals surface area (Å²) in [6.45, 7) is 2.63. The molecule has 0 aliphatic heterocycles. The van der Waals surface area contributed by atoms with E-state index in [1.165, 1.54) is 12.1 Å². The van der Waals surface area contributed by atoms with E-state index in [0.29, 0.717) is 17.9 Å². The molecule has 1 N–H and O–H groups in total. The maximum absolute atomic E-state index is 12.2. The van der Waals surface area contributed by atoms with Crippen LogP contribution in [0.3, 0.4) is 0 Å². The Labute approximate surface area is 132 Å². The van der Waals surface area contributed by atoms with E-state index in [4.69, 9.17) is 0 Å². The lowest BCUT2D eigenvalue weighted by Crippen LogP contribution is -2.16. The van der Waals surface area contributed by atoms with Gasteiger partial charge in [-0.3, -0.25) is 4.79 Å². The van der Waals surface area contributed by atoms with Gasteiger partial charge in [0.2, 0.25) is 0 Å². The van der Waals surface area contributed by atoms with Gasteiger partial charge in [0.15, 0.2) is 9.84 Å². The Bertz CT molecular complexity index is 764. The van der Waals surface area contributed by atoms with Crippen molar-refractivity contribution in [2.45, 2.75) is 18.4 Å². The SMILES string of the molecule is CCn1cc(Br)cc1C(=O)Nc1ccc(S(C)(=O)=O)cc1. The third-order valence-electron chi connectivity index (χ3n) is 2.98. The molecular formula is C14H15BrN2O3S. The highest BCUT2D eigenvalue weighted by Crippen LogP contribution is 2.18. The van der Waals surface area contributed by atoms with Crippen LogP contribution >= 0.6 is 15.9 Å². The van der Waals surface area contributed by atoms with Gasteiger partial charge in [-0.1, -0.05) is 0 Å². The molecule has 1 aromatic heterocycles. The number of sulfone groups is 1. The number of carbonyl (C=O) groups excluding carboxylic acids is 1. The van der Waals surface area contributed by atoms with E-state index in [1.807, 2.05) is 17.7 Å². The summed E-state index contributed by atoms with van der Waals surface area (Å²) in [5, 5.41) is 2.75. The molecule has 0 bridgehead atoms. The summed E-state index contributed by atoms with van der Waals surface area (Å²) >= 11 is 3.34. The molecule has 0 radical (unpaired) electrons. The predicted octanol–water partition coefficient (Wildman–Crippen LogP) is 2.93. The molecule has 7 heteroatoms. The zero-order chi connectivity index (χ0) is 15.6. The molecule has 5 nitrogen and oxygen atoms in total. The van der Waals surface area contributed by atoms with Crippen LogP contribution in [0.1, 0.15) is 17.4 Å². The first-order valence-electron chi connectivity index (χ1n) is 6.28. The van der Waals surface area contributed by atoms with E-state index in [1.54, 1.807) is 18.2 Å². The Morgan fingerprint density at radius 2 is 1.90 bits per heavy atom. The van der Waals surface area contributed by atoms with Crippen molar-refractivity contribution in [3.8, 4) is 0 Å². The van der Waals surface area contributed by atoms with Crippen molar-refractivity contribution in [3.63, 3.8) is 0 Å². The summed E-state index contributed by atoms with van der Waals surface area (Å²) in [6, 6.07) is 7.83. The van der Waals surface area contributed by atoms with Crippen LogP contribution in [-0.4, -0.2) is 25.1 Å². The van der Waals surface area contributed by atoms with Gasteiger partial charge in [-0.05, 0) is 53.2 Å². The third-order valence-corrected chi connectivity index (χ3v) is 4.54. The Morgan fingerprint density at radius 1 is 1.29 bits per heavy atom. The zero-order valence-electron chi connectivity index (χ0n) is 11.6. The minimum absolute atomic E-state index is 0.222. The lowest BCUT2D eigenvalue weighted by atomic mass is 10.3. The minimum Gasteiger partial charge on any atom is -0.343 e. The number of anilines is 1. The highest BCUT2D eigenvalue weighted by Gasteiger charge is 2.13. The van der Waals surface area contributed by atoms with Crippen molar-refractivity contribution in [2.24, 2.45) is 0 Å². The molecule has 0 saturated heterocycles. The lowest BCUT2D eigenvalue weighted by Gasteiger charge is -2.08. The fourth-order valence-corrected chi connectivity index (χ4v) is 3.00. The van der Waals surface area contributed by atoms with Crippen LogP contribution in [0.5, 0.6) is 0 Å². The van der Waals surface area contributed by atoms with Crippen LogP contribution < -0.4 is 5.32 Å². The molecule has 2 aromatic rings. The molecule has 0 fully saturated rings. The number of rotatable bonds is 4. The lowest BCUT2D eigenvalue weighted by molar-refractivity contribution is 0.101. The van der Waals surface area contributed by atoms with Crippen molar-refractivity contribution in [1.29, 1.82) is 0 Å². The van der Waals surface area contributed by atoms with Gasteiger partial charge in [0.25, 0.3) is 5.91 Å². The van der Waals surface area contributed by atoms with Gasteiger partial charge >= 0.3 is 0 Å². The van der Waals surface area contributed by atoms with Crippen molar-refractivity contribution in [3.05, 3.63) is 46.7 Å². The highest BCUT2D eigenvalue weighted by molar-refractivity contribution is 9.10. The summed E-state index contributed by atoms with van der Waals surface area (Å²) in [5.74, 6) is -0.241. The van der Waals surface area contributed by atoms with Gasteiger partial charge in [-0.15, -0.1) is 0 Å². The molecule has 2 rings (SSSR count). The van der Waals surface area contributed by atoms with Gasteiger partial charge in [-0.2, -0.15) is 0 Å². The molecule has 1 heterocycles. The number of aryl methyl sites for hydroxylation is 1. The number of nitrogens with zero attached hydrogens (tertiary/aromatic N) is 1. The van der Waals surface area contributed by atoms with Gasteiger partial charge in [0.05, 0.1) is 4.90 Å². The Balaban J connectivity index is 2.20. The number of nitrogens with one attached hydrogen (secondary N) is 1. The fourth-order valence-electron chi connectivity index (χ4n) is 1.91. The third kappa shape index (κ3) is 3.74. The second-order valence-corrected chi connectivity index (χ2v) is 7.51. The number of carbonyl (C=O) groups is 1. The molecular weight excluding hydrogens is 356 g/mol. The maximum atomic E-state index is 12.2. The first-order valence-corrected chi connectivity index (χ1v) is 8.97. The maximum Gasteiger partial charge on any atom is 0.272 e. The first-order chi connectivity index (χ1) is 9.81. The normalized spacial score (nSPS) is 11.4. The molecule has 21 heavy (non-hydrogen) atoms. The van der Waals surface area contributed by atoms with Crippen LogP contribution in [0.25, 0.3) is 0 Å². The topological polar surface area (TPSA) is 68.2 Å². The van der Waals surface area contributed by atoms with Crippen molar-refractivity contribution < 1.29 is 13.2 Å². The summed E-state index contributed by atoms with van der Waals surface area (Å²) in [7, 11) is -3.23. The molecule has 1 amide bonds. The van der Waals surface area contributed by atoms with Gasteiger partial charge in [0, 0.05) is 29.2 Å². The predicted molar refractivity (Wildman–Crippen MR) is 85.3 cm³/mol. The van der Waals surface area contributed by atoms with Crippen LogP contribution in [0, 0.1) is 0 Å². The molecule has 0 aliphatic rings. The van der Waals surface area contributed by atoms with Crippen molar-refractivity contribution in [1.82, 2.24) is 4.57 Å². The molecule has 0 unspecified atom stereocenters. The quantitative estimate of drug-likeness (QED) is 0.899. The average molecular weight is 371 g/mol. The number of aromatic nitrogens is 1. The molecule has 0 spiro atoms. The molecule has 0 saturated carbocycles. The van der Waals surface area contributed by atoms with Crippen molar-refractivity contribution >= 4 is 37.4 Å². The van der Waals surface area contributed by atoms with Crippen LogP contribution in [0.2, 0.25) is 0 Å². The number of halogens is 1. The van der Waals surface area contributed by atoms with Gasteiger partial charge < -0.3 is 9.88 Å². The molecule has 112 valence electrons. The average Bonchev–Trinajstić information content (AvgIpc) is 2.79. The minimum atomic E-state index is -3.23. The zero-order valence-corrected chi connectivity index (χ0v) is 14.0. The van der Waals surface area contributed by atoms with E-state index in [9.17, 15) is 13.2 Å². The molecule has 1 aromatic carbocycles. The molecule has 0 atom stereocenters. The summed E-state index contributed by atoms with van der Waals surface area (Å²) < 4.78 is 25.4. The standard InChI is InChI=1S/C14H15BrN2O3S/c1-3-17-9-10(15)8-13(17)14(18)16-11-4-6-12(7-5-11)21(2,19)20/h4-9H,3H2,1-2H3,(H,16,18). The summed E-state index contributed by atoms with van der Waals surface area (Å²) in [6.07, 6.45) is 2.98. The van der Waals surface area contributed by atoms with Crippen LogP contribution in [-0.2, 0) is 16.4 Å². The van der Waals surface area contributed by atoms with Gasteiger partial charge in [0.1, 0.15) is 5.69 Å². The number of benzene rings is 1. The van der Waals surface area contributed by atoms with Crippen molar-refractivity contribution in [2.75, 3.05) is 11.6 Å². The Morgan fingerprint density at radius 3 is 2.43 bits per heavy atom. The second kappa shape index (κ2) is 6.03. The fraction of sp³-hybridized carbons (Fsp3) is 0.214. The highest BCUT2D eigenvalue weighted by atomic mass is 79.9. The number of hydrogen-bond acceptors (Lipinski definition) is 3. The van der Waals surface area contributed by atoms with E-state index in [2.05, 4.69) is 21.2 Å². The Hall–Kier alpha value is -1.60. The van der Waals surface area contributed by atoms with Crippen LogP contribution in [0.4, 0.5) is 5.69 Å². The van der Waals surface area contributed by atoms with Crippen LogP contribution in [0.15, 0.2) is 45.9 Å². The number of amides is 1. The Kier molecular flexibility index (Phi) is 4.53. The van der Waals surface area contributed by atoms with Gasteiger partial charge in [-0.25, -0.2) is 8.42 Å². The smallest absolute Gasteiger partial charge is 0.272 e. The number of hydrogen-bond donors (Lipinski definition) is 1. The monoisotopic (exact) mass is 370 g/mol. The summed E-state index contributed by atoms with van der Waals surface area (Å²) in [5.41, 5.74) is 1.09. The van der Waals surface area contributed by atoms with E-state index < -0.39 is 9.84 Å². The summed E-state index contributed by atoms with van der Waals surface area (Å²) in [4.78, 5) is 12.4. The van der Waals surface area contributed by atoms with E-state index >= 15 is 0 Å². The second-order valence-electron chi connectivity index (χ2n) is 4.58.